The zero-order valence-corrected chi connectivity index (χ0v) is 22.3. The quantitative estimate of drug-likeness (QED) is 0.322. The van der Waals surface area contributed by atoms with Crippen LogP contribution in [0, 0.1) is 13.8 Å². The molecular formula is C30H38N6O. The van der Waals surface area contributed by atoms with E-state index >= 15 is 0 Å². The number of hydrogen-bond acceptors (Lipinski definition) is 5. The molecule has 5 rings (SSSR count). The summed E-state index contributed by atoms with van der Waals surface area (Å²) in [6.07, 6.45) is 7.78. The number of aromatic amines is 1. The lowest BCUT2D eigenvalue weighted by Gasteiger charge is -2.39. The van der Waals surface area contributed by atoms with Crippen molar-refractivity contribution in [2.45, 2.75) is 90.9 Å². The molecule has 7 heteroatoms. The van der Waals surface area contributed by atoms with Crippen molar-refractivity contribution < 1.29 is 0 Å². The minimum atomic E-state index is -0.00455. The number of tetrazole rings is 1. The third-order valence-corrected chi connectivity index (χ3v) is 8.03. The van der Waals surface area contributed by atoms with Gasteiger partial charge in [0.15, 0.2) is 5.82 Å². The Bertz CT molecular complexity index is 1390. The normalized spacial score (nSPS) is 15.5. The predicted octanol–water partition coefficient (Wildman–Crippen LogP) is 5.66. The highest BCUT2D eigenvalue weighted by atomic mass is 16.1. The fourth-order valence-corrected chi connectivity index (χ4v) is 5.80. The number of pyridine rings is 1. The van der Waals surface area contributed by atoms with Crippen LogP contribution in [0.15, 0.2) is 53.3 Å². The number of nitrogens with zero attached hydrogens (tertiary/aromatic N) is 5. The van der Waals surface area contributed by atoms with E-state index < -0.39 is 0 Å². The molecule has 7 nitrogen and oxygen atoms in total. The molecule has 0 radical (unpaired) electrons. The SMILES string of the molecule is CC[C@@H](c1nnnn1CCc1ccccc1)N(Cc1cc2cc(C)c(C)cc2[nH]c1=O)C1CCCCC1. The molecule has 1 atom stereocenters. The zero-order chi connectivity index (χ0) is 25.8. The van der Waals surface area contributed by atoms with Gasteiger partial charge in [-0.3, -0.25) is 9.69 Å². The van der Waals surface area contributed by atoms with Crippen LogP contribution in [0.25, 0.3) is 10.9 Å². The van der Waals surface area contributed by atoms with E-state index in [1.165, 1.54) is 36.0 Å². The topological polar surface area (TPSA) is 79.7 Å². The molecule has 0 aliphatic heterocycles. The fourth-order valence-electron chi connectivity index (χ4n) is 5.80. The van der Waals surface area contributed by atoms with Crippen molar-refractivity contribution in [3.8, 4) is 0 Å². The van der Waals surface area contributed by atoms with E-state index in [-0.39, 0.29) is 11.6 Å². The number of hydrogen-bond donors (Lipinski definition) is 1. The van der Waals surface area contributed by atoms with Crippen LogP contribution in [0.1, 0.15) is 79.6 Å². The highest BCUT2D eigenvalue weighted by Crippen LogP contribution is 2.33. The number of aryl methyl sites for hydroxylation is 4. The maximum absolute atomic E-state index is 13.2. The van der Waals surface area contributed by atoms with Crippen LogP contribution in [0.3, 0.4) is 0 Å². The Kier molecular flexibility index (Phi) is 7.79. The standard InChI is InChI=1S/C30H38N6O/c1-4-28(29-32-33-34-36(29)16-15-23-11-7-5-8-12-23)35(26-13-9-6-10-14-26)20-25-19-24-17-21(2)22(3)18-27(24)31-30(25)37/h5,7-8,11-12,17-19,26,28H,4,6,9-10,13-16,20H2,1-3H3,(H,31,37)/t28-/m0/s1. The van der Waals surface area contributed by atoms with Gasteiger partial charge in [0.2, 0.25) is 0 Å². The second-order valence-corrected chi connectivity index (χ2v) is 10.5. The molecule has 0 saturated heterocycles. The van der Waals surface area contributed by atoms with E-state index in [0.29, 0.717) is 12.6 Å². The van der Waals surface area contributed by atoms with Gasteiger partial charge in [-0.2, -0.15) is 0 Å². The summed E-state index contributed by atoms with van der Waals surface area (Å²) in [5.41, 5.74) is 5.40. The lowest BCUT2D eigenvalue weighted by Crippen LogP contribution is -2.41. The minimum Gasteiger partial charge on any atom is -0.322 e. The molecule has 1 aliphatic carbocycles. The molecule has 2 aromatic carbocycles. The summed E-state index contributed by atoms with van der Waals surface area (Å²) in [5.74, 6) is 0.896. The first-order valence-electron chi connectivity index (χ1n) is 13.7. The molecule has 0 bridgehead atoms. The Balaban J connectivity index is 1.47. The average Bonchev–Trinajstić information content (AvgIpc) is 3.38. The Hall–Kier alpha value is -3.32. The van der Waals surface area contributed by atoms with Gasteiger partial charge in [-0.1, -0.05) is 56.5 Å². The molecule has 2 aromatic heterocycles. The fraction of sp³-hybridized carbons (Fsp3) is 0.467. The second-order valence-electron chi connectivity index (χ2n) is 10.5. The predicted molar refractivity (Wildman–Crippen MR) is 147 cm³/mol. The number of aromatic nitrogens is 5. The maximum atomic E-state index is 13.2. The Morgan fingerprint density at radius 3 is 2.57 bits per heavy atom. The molecule has 1 aliphatic rings. The molecule has 0 amide bonds. The van der Waals surface area contributed by atoms with Crippen LogP contribution >= 0.6 is 0 Å². The first kappa shape index (κ1) is 25.3. The van der Waals surface area contributed by atoms with Gasteiger partial charge in [-0.05, 0) is 90.2 Å². The lowest BCUT2D eigenvalue weighted by molar-refractivity contribution is 0.0841. The first-order valence-corrected chi connectivity index (χ1v) is 13.7. The van der Waals surface area contributed by atoms with Crippen LogP contribution in [0.4, 0.5) is 0 Å². The summed E-state index contributed by atoms with van der Waals surface area (Å²) in [7, 11) is 0. The third kappa shape index (κ3) is 5.67. The van der Waals surface area contributed by atoms with Crippen LogP contribution in [-0.4, -0.2) is 36.1 Å². The van der Waals surface area contributed by atoms with Gasteiger partial charge >= 0.3 is 0 Å². The van der Waals surface area contributed by atoms with Crippen LogP contribution in [0.5, 0.6) is 0 Å². The van der Waals surface area contributed by atoms with Gasteiger partial charge in [0.25, 0.3) is 5.56 Å². The van der Waals surface area contributed by atoms with Crippen LogP contribution in [0.2, 0.25) is 0 Å². The van der Waals surface area contributed by atoms with Gasteiger partial charge < -0.3 is 4.98 Å². The summed E-state index contributed by atoms with van der Waals surface area (Å²) in [5, 5.41) is 14.1. The molecule has 1 saturated carbocycles. The summed E-state index contributed by atoms with van der Waals surface area (Å²) in [6.45, 7) is 7.73. The number of nitrogens with one attached hydrogen (secondary N) is 1. The molecule has 0 unspecified atom stereocenters. The van der Waals surface area contributed by atoms with Gasteiger partial charge in [0.1, 0.15) is 0 Å². The number of rotatable bonds is 9. The van der Waals surface area contributed by atoms with Gasteiger partial charge in [-0.15, -0.1) is 5.10 Å². The summed E-state index contributed by atoms with van der Waals surface area (Å²) >= 11 is 0. The van der Waals surface area contributed by atoms with Gasteiger partial charge in [-0.25, -0.2) is 4.68 Å². The van der Waals surface area contributed by atoms with Gasteiger partial charge in [0.05, 0.1) is 6.04 Å². The van der Waals surface area contributed by atoms with Gasteiger partial charge in [0, 0.05) is 30.2 Å². The van der Waals surface area contributed by atoms with Crippen molar-refractivity contribution >= 4 is 10.9 Å². The smallest absolute Gasteiger partial charge is 0.252 e. The van der Waals surface area contributed by atoms with E-state index in [1.54, 1.807) is 0 Å². The van der Waals surface area contributed by atoms with Crippen LogP contribution in [-0.2, 0) is 19.5 Å². The van der Waals surface area contributed by atoms with E-state index in [4.69, 9.17) is 0 Å². The Morgan fingerprint density at radius 1 is 1.05 bits per heavy atom. The first-order chi connectivity index (χ1) is 18.0. The monoisotopic (exact) mass is 498 g/mol. The lowest BCUT2D eigenvalue weighted by atomic mass is 9.92. The molecule has 2 heterocycles. The second kappa shape index (κ2) is 11.4. The summed E-state index contributed by atoms with van der Waals surface area (Å²) in [6, 6.07) is 17.3. The molecule has 37 heavy (non-hydrogen) atoms. The minimum absolute atomic E-state index is 0.00455. The number of fused-ring (bicyclic) bond motifs is 1. The molecule has 0 spiro atoms. The molecule has 194 valence electrons. The number of benzene rings is 2. The zero-order valence-electron chi connectivity index (χ0n) is 22.3. The Morgan fingerprint density at radius 2 is 1.81 bits per heavy atom. The van der Waals surface area contributed by atoms with E-state index in [2.05, 4.69) is 88.6 Å². The van der Waals surface area contributed by atoms with Crippen molar-refractivity contribution in [2.75, 3.05) is 0 Å². The van der Waals surface area contributed by atoms with E-state index in [1.807, 2.05) is 10.7 Å². The summed E-state index contributed by atoms with van der Waals surface area (Å²) < 4.78 is 1.97. The maximum Gasteiger partial charge on any atom is 0.252 e. The van der Waals surface area contributed by atoms with Crippen molar-refractivity contribution in [1.29, 1.82) is 0 Å². The van der Waals surface area contributed by atoms with Crippen molar-refractivity contribution in [3.05, 3.63) is 87.0 Å². The van der Waals surface area contributed by atoms with Crippen molar-refractivity contribution in [2.24, 2.45) is 0 Å². The van der Waals surface area contributed by atoms with Crippen molar-refractivity contribution in [1.82, 2.24) is 30.1 Å². The highest BCUT2D eigenvalue weighted by Gasteiger charge is 2.32. The summed E-state index contributed by atoms with van der Waals surface area (Å²) in [4.78, 5) is 18.9. The molecule has 4 aromatic rings. The van der Waals surface area contributed by atoms with Crippen molar-refractivity contribution in [3.63, 3.8) is 0 Å². The number of H-pyrrole nitrogens is 1. The average molecular weight is 499 g/mol. The van der Waals surface area contributed by atoms with E-state index in [9.17, 15) is 4.79 Å². The Labute approximate surface area is 218 Å². The van der Waals surface area contributed by atoms with Crippen LogP contribution < -0.4 is 5.56 Å². The molecule has 1 fully saturated rings. The molecule has 1 N–H and O–H groups in total. The third-order valence-electron chi connectivity index (χ3n) is 8.03. The largest absolute Gasteiger partial charge is 0.322 e. The highest BCUT2D eigenvalue weighted by molar-refractivity contribution is 5.80. The molecular weight excluding hydrogens is 460 g/mol. The van der Waals surface area contributed by atoms with E-state index in [0.717, 1.165) is 54.5 Å².